The van der Waals surface area contributed by atoms with Crippen molar-refractivity contribution in [2.45, 2.75) is 34.0 Å². The summed E-state index contributed by atoms with van der Waals surface area (Å²) in [5.41, 5.74) is 4.39. The Morgan fingerprint density at radius 2 is 1.84 bits per heavy atom. The van der Waals surface area contributed by atoms with Crippen LogP contribution in [0.25, 0.3) is 0 Å². The van der Waals surface area contributed by atoms with Crippen molar-refractivity contribution in [1.82, 2.24) is 4.98 Å². The van der Waals surface area contributed by atoms with Crippen LogP contribution in [0.4, 0.5) is 0 Å². The van der Waals surface area contributed by atoms with Crippen molar-refractivity contribution in [3.63, 3.8) is 0 Å². The second-order valence-electron chi connectivity index (χ2n) is 4.56. The minimum Gasteiger partial charge on any atom is -0.486 e. The van der Waals surface area contributed by atoms with Crippen LogP contribution in [0.3, 0.4) is 0 Å². The largest absolute Gasteiger partial charge is 0.486 e. The molecule has 2 N–H and O–H groups in total. The van der Waals surface area contributed by atoms with Gasteiger partial charge in [0.25, 0.3) is 0 Å². The molecule has 1 heterocycles. The number of hydrogen-bond acceptors (Lipinski definition) is 5. The lowest BCUT2D eigenvalue weighted by Gasteiger charge is -2.12. The van der Waals surface area contributed by atoms with Crippen molar-refractivity contribution in [3.05, 3.63) is 44.9 Å². The van der Waals surface area contributed by atoms with Crippen molar-refractivity contribution in [3.8, 4) is 5.75 Å². The summed E-state index contributed by atoms with van der Waals surface area (Å²) in [5, 5.41) is 2.85. The van der Waals surface area contributed by atoms with E-state index in [0.29, 0.717) is 13.2 Å². The van der Waals surface area contributed by atoms with Crippen LogP contribution >= 0.6 is 11.3 Å². The van der Waals surface area contributed by atoms with Gasteiger partial charge in [0.15, 0.2) is 0 Å². The Bertz CT molecular complexity index is 543. The predicted octanol–water partition coefficient (Wildman–Crippen LogP) is 3.04. The summed E-state index contributed by atoms with van der Waals surface area (Å²) in [7, 11) is 0. The second-order valence-corrected chi connectivity index (χ2v) is 5.50. The van der Waals surface area contributed by atoms with Gasteiger partial charge in [-0.1, -0.05) is 17.7 Å². The van der Waals surface area contributed by atoms with E-state index in [2.05, 4.69) is 42.7 Å². The third-order valence-electron chi connectivity index (χ3n) is 2.78. The first-order valence-electron chi connectivity index (χ1n) is 6.05. The number of nitrogens with zero attached hydrogens (tertiary/aromatic N) is 1. The zero-order valence-electron chi connectivity index (χ0n) is 11.4. The van der Waals surface area contributed by atoms with E-state index in [-0.39, 0.29) is 0 Å². The highest BCUT2D eigenvalue weighted by Gasteiger charge is 2.07. The summed E-state index contributed by atoms with van der Waals surface area (Å²) in [6, 6.07) is 4.25. The fourth-order valence-corrected chi connectivity index (χ4v) is 2.78. The van der Waals surface area contributed by atoms with E-state index in [1.54, 1.807) is 11.3 Å². The summed E-state index contributed by atoms with van der Waals surface area (Å²) in [6.45, 7) is 7.01. The van der Waals surface area contributed by atoms with Crippen LogP contribution in [0.5, 0.6) is 5.75 Å². The van der Waals surface area contributed by atoms with Gasteiger partial charge in [0, 0.05) is 5.38 Å². The van der Waals surface area contributed by atoms with Gasteiger partial charge in [0.1, 0.15) is 24.0 Å². The molecule has 0 fully saturated rings. The first-order chi connectivity index (χ1) is 9.10. The molecule has 0 aliphatic rings. The average Bonchev–Trinajstić information content (AvgIpc) is 2.76. The molecule has 0 aliphatic heterocycles. The van der Waals surface area contributed by atoms with E-state index < -0.39 is 0 Å². The van der Waals surface area contributed by atoms with Crippen molar-refractivity contribution < 1.29 is 9.57 Å². The Morgan fingerprint density at radius 3 is 2.47 bits per heavy atom. The molecule has 0 amide bonds. The Morgan fingerprint density at radius 1 is 1.16 bits per heavy atom. The van der Waals surface area contributed by atoms with E-state index in [9.17, 15) is 0 Å². The number of nitrogens with two attached hydrogens (primary N) is 1. The molecule has 102 valence electrons. The molecule has 0 aliphatic carbocycles. The Hall–Kier alpha value is -1.43. The molecule has 2 rings (SSSR count). The van der Waals surface area contributed by atoms with Crippen molar-refractivity contribution >= 4 is 11.3 Å². The third kappa shape index (κ3) is 3.53. The number of rotatable bonds is 5. The lowest BCUT2D eigenvalue weighted by molar-refractivity contribution is 0.121. The van der Waals surface area contributed by atoms with Gasteiger partial charge in [-0.05, 0) is 31.9 Å². The number of aryl methyl sites for hydroxylation is 3. The summed E-state index contributed by atoms with van der Waals surface area (Å²) >= 11 is 1.55. The standard InChI is InChI=1S/C14H18N2O2S/c1-9-4-10(2)14(11(3)5-9)17-7-13-16-12(6-18-15)8-19-13/h4-5,8H,6-7,15H2,1-3H3. The minimum absolute atomic E-state index is 0.332. The van der Waals surface area contributed by atoms with E-state index in [0.717, 1.165) is 27.6 Å². The molecule has 1 aromatic heterocycles. The molecule has 0 atom stereocenters. The zero-order valence-corrected chi connectivity index (χ0v) is 12.2. The van der Waals surface area contributed by atoms with E-state index >= 15 is 0 Å². The van der Waals surface area contributed by atoms with Gasteiger partial charge in [0.2, 0.25) is 0 Å². The topological polar surface area (TPSA) is 57.4 Å². The zero-order chi connectivity index (χ0) is 13.8. The van der Waals surface area contributed by atoms with Crippen LogP contribution in [-0.4, -0.2) is 4.98 Å². The van der Waals surface area contributed by atoms with Crippen molar-refractivity contribution in [2.75, 3.05) is 0 Å². The summed E-state index contributed by atoms with van der Waals surface area (Å²) in [5.74, 6) is 5.96. The molecule has 0 unspecified atom stereocenters. The molecule has 0 saturated heterocycles. The van der Waals surface area contributed by atoms with Crippen LogP contribution in [0, 0.1) is 20.8 Å². The van der Waals surface area contributed by atoms with E-state index in [1.807, 2.05) is 5.38 Å². The number of ether oxygens (including phenoxy) is 1. The molecular weight excluding hydrogens is 260 g/mol. The van der Waals surface area contributed by atoms with Crippen LogP contribution in [0.2, 0.25) is 0 Å². The predicted molar refractivity (Wildman–Crippen MR) is 76.1 cm³/mol. The molecule has 1 aromatic carbocycles. The molecule has 0 spiro atoms. The lowest BCUT2D eigenvalue weighted by Crippen LogP contribution is -2.01. The van der Waals surface area contributed by atoms with Gasteiger partial charge in [-0.25, -0.2) is 10.9 Å². The quantitative estimate of drug-likeness (QED) is 0.854. The Balaban J connectivity index is 2.05. The normalized spacial score (nSPS) is 10.7. The van der Waals surface area contributed by atoms with E-state index in [1.165, 1.54) is 5.56 Å². The highest BCUT2D eigenvalue weighted by Crippen LogP contribution is 2.25. The number of benzene rings is 1. The minimum atomic E-state index is 0.332. The van der Waals surface area contributed by atoms with Gasteiger partial charge in [0.05, 0.1) is 5.69 Å². The van der Waals surface area contributed by atoms with Crippen LogP contribution in [0.1, 0.15) is 27.4 Å². The van der Waals surface area contributed by atoms with Crippen LogP contribution < -0.4 is 10.6 Å². The summed E-state index contributed by atoms with van der Waals surface area (Å²) < 4.78 is 5.88. The first-order valence-corrected chi connectivity index (χ1v) is 6.93. The van der Waals surface area contributed by atoms with Crippen molar-refractivity contribution in [1.29, 1.82) is 0 Å². The smallest absolute Gasteiger partial charge is 0.140 e. The van der Waals surface area contributed by atoms with Gasteiger partial charge in [-0.15, -0.1) is 11.3 Å². The maximum absolute atomic E-state index is 5.88. The average molecular weight is 278 g/mol. The molecule has 4 nitrogen and oxygen atoms in total. The van der Waals surface area contributed by atoms with Crippen LogP contribution in [-0.2, 0) is 18.1 Å². The highest BCUT2D eigenvalue weighted by molar-refractivity contribution is 7.09. The maximum Gasteiger partial charge on any atom is 0.140 e. The molecule has 5 heteroatoms. The SMILES string of the molecule is Cc1cc(C)c(OCc2nc(CON)cs2)c(C)c1. The Labute approximate surface area is 117 Å². The highest BCUT2D eigenvalue weighted by atomic mass is 32.1. The fraction of sp³-hybridized carbons (Fsp3) is 0.357. The molecule has 2 aromatic rings. The molecule has 0 bridgehead atoms. The maximum atomic E-state index is 5.88. The molecule has 19 heavy (non-hydrogen) atoms. The van der Waals surface area contributed by atoms with Gasteiger partial charge in [-0.2, -0.15) is 0 Å². The lowest BCUT2D eigenvalue weighted by atomic mass is 10.1. The molecule has 0 saturated carbocycles. The molecule has 0 radical (unpaired) electrons. The van der Waals surface area contributed by atoms with Gasteiger partial charge >= 0.3 is 0 Å². The van der Waals surface area contributed by atoms with E-state index in [4.69, 9.17) is 10.6 Å². The first kappa shape index (κ1) is 14.0. The summed E-state index contributed by atoms with van der Waals surface area (Å²) in [4.78, 5) is 8.94. The van der Waals surface area contributed by atoms with Crippen LogP contribution in [0.15, 0.2) is 17.5 Å². The molecular formula is C14H18N2O2S. The monoisotopic (exact) mass is 278 g/mol. The fourth-order valence-electron chi connectivity index (χ4n) is 2.10. The third-order valence-corrected chi connectivity index (χ3v) is 3.65. The summed E-state index contributed by atoms with van der Waals surface area (Å²) in [6.07, 6.45) is 0. The van der Waals surface area contributed by atoms with Crippen molar-refractivity contribution in [2.24, 2.45) is 5.90 Å². The van der Waals surface area contributed by atoms with Gasteiger partial charge < -0.3 is 4.74 Å². The number of thiazole rings is 1. The number of hydrogen-bond donors (Lipinski definition) is 1. The Kier molecular flexibility index (Phi) is 4.52. The number of aromatic nitrogens is 1. The van der Waals surface area contributed by atoms with Gasteiger partial charge in [-0.3, -0.25) is 4.84 Å². The second kappa shape index (κ2) is 6.14.